The highest BCUT2D eigenvalue weighted by Crippen LogP contribution is 2.33. The molecule has 0 aliphatic heterocycles. The van der Waals surface area contributed by atoms with E-state index in [9.17, 15) is 14.7 Å². The van der Waals surface area contributed by atoms with Gasteiger partial charge in [-0.25, -0.2) is 4.79 Å². The van der Waals surface area contributed by atoms with E-state index in [0.717, 1.165) is 46.9 Å². The fraction of sp³-hybridized carbons (Fsp3) is 0.310. The minimum absolute atomic E-state index is 0.0595. The molecule has 0 spiro atoms. The second-order valence-corrected chi connectivity index (χ2v) is 9.02. The third-order valence-electron chi connectivity index (χ3n) is 6.74. The van der Waals surface area contributed by atoms with Crippen molar-refractivity contribution in [2.45, 2.75) is 38.2 Å². The maximum atomic E-state index is 12.5. The molecule has 5 nitrogen and oxygen atoms in total. The average Bonchev–Trinajstić information content (AvgIpc) is 3.20. The van der Waals surface area contributed by atoms with Crippen molar-refractivity contribution in [3.05, 3.63) is 89.5 Å². The molecule has 0 radical (unpaired) electrons. The Labute approximate surface area is 199 Å². The Morgan fingerprint density at radius 1 is 1.06 bits per heavy atom. The molecule has 0 saturated heterocycles. The number of carboxylic acids is 1. The van der Waals surface area contributed by atoms with Crippen molar-refractivity contribution in [1.29, 1.82) is 0 Å². The zero-order valence-electron chi connectivity index (χ0n) is 19.3. The smallest absolute Gasteiger partial charge is 0.335 e. The van der Waals surface area contributed by atoms with E-state index in [1.165, 1.54) is 0 Å². The van der Waals surface area contributed by atoms with E-state index in [2.05, 4.69) is 12.1 Å². The van der Waals surface area contributed by atoms with Crippen molar-refractivity contribution in [3.63, 3.8) is 0 Å². The molecule has 0 amide bonds. The third kappa shape index (κ3) is 5.72. The number of carbonyl (C=O) groups is 2. The zero-order chi connectivity index (χ0) is 24.1. The molecule has 1 unspecified atom stereocenters. The summed E-state index contributed by atoms with van der Waals surface area (Å²) in [6.45, 7) is 0. The molecule has 4 rings (SSSR count). The monoisotopic (exact) mass is 458 g/mol. The summed E-state index contributed by atoms with van der Waals surface area (Å²) in [6, 6.07) is 18.9. The summed E-state index contributed by atoms with van der Waals surface area (Å²) < 4.78 is 5.31. The number of carbonyl (C=O) groups excluding carboxylic acids is 1. The maximum absolute atomic E-state index is 12.5. The topological polar surface area (TPSA) is 83.8 Å². The number of methoxy groups -OCH3 is 1. The Kier molecular flexibility index (Phi) is 7.43. The predicted molar refractivity (Wildman–Crippen MR) is 132 cm³/mol. The maximum Gasteiger partial charge on any atom is 0.335 e. The van der Waals surface area contributed by atoms with E-state index in [1.807, 2.05) is 48.6 Å². The number of Topliss-reactive ketones (excluding diaryl/α,β-unsaturated/α-hetero) is 1. The molecule has 0 heterocycles. The van der Waals surface area contributed by atoms with Crippen molar-refractivity contribution >= 4 is 22.5 Å². The van der Waals surface area contributed by atoms with Gasteiger partial charge < -0.3 is 14.9 Å². The standard InChI is InChI=1S/C29H30O5/c1-34-26-13-10-21-6-4-20(16-24(21)18-26)17-25(30)12-9-22-11-15-28(31)27(22)14-5-19-2-7-23(8-3-19)29(32)33/h2-4,6-10,12-13,16,18,22,25,27,30H,5,11,14-15,17H2,1H3,(H,32,33)/b12-9+/t22-,25?,27+/m0/s1. The van der Waals surface area contributed by atoms with Gasteiger partial charge in [-0.05, 0) is 71.3 Å². The van der Waals surface area contributed by atoms with E-state index in [4.69, 9.17) is 9.84 Å². The molecule has 1 aliphatic rings. The fourth-order valence-electron chi connectivity index (χ4n) is 4.78. The number of ketones is 1. The van der Waals surface area contributed by atoms with Crippen LogP contribution in [0.1, 0.15) is 40.7 Å². The van der Waals surface area contributed by atoms with Crippen LogP contribution in [-0.4, -0.2) is 35.2 Å². The Morgan fingerprint density at radius 3 is 2.53 bits per heavy atom. The van der Waals surface area contributed by atoms with Crippen LogP contribution in [0.15, 0.2) is 72.8 Å². The normalized spacial score (nSPS) is 19.1. The highest BCUT2D eigenvalue weighted by Gasteiger charge is 2.32. The van der Waals surface area contributed by atoms with E-state index >= 15 is 0 Å². The van der Waals surface area contributed by atoms with Crippen LogP contribution in [-0.2, 0) is 17.6 Å². The highest BCUT2D eigenvalue weighted by molar-refractivity contribution is 5.87. The van der Waals surface area contributed by atoms with Crippen LogP contribution < -0.4 is 4.74 Å². The van der Waals surface area contributed by atoms with Gasteiger partial charge in [0, 0.05) is 18.8 Å². The van der Waals surface area contributed by atoms with Crippen molar-refractivity contribution in [3.8, 4) is 5.75 Å². The number of ether oxygens (including phenoxy) is 1. The molecule has 2 N–H and O–H groups in total. The van der Waals surface area contributed by atoms with Gasteiger partial charge in [0.25, 0.3) is 0 Å². The lowest BCUT2D eigenvalue weighted by atomic mass is 9.88. The van der Waals surface area contributed by atoms with E-state index in [-0.39, 0.29) is 23.2 Å². The number of fused-ring (bicyclic) bond motifs is 1. The van der Waals surface area contributed by atoms with Crippen molar-refractivity contribution in [2.75, 3.05) is 7.11 Å². The second kappa shape index (κ2) is 10.7. The second-order valence-electron chi connectivity index (χ2n) is 9.02. The number of carboxylic acid groups (broad SMARTS) is 1. The lowest BCUT2D eigenvalue weighted by Gasteiger charge is -2.16. The Bertz CT molecular complexity index is 1190. The van der Waals surface area contributed by atoms with Gasteiger partial charge >= 0.3 is 5.97 Å². The molecule has 176 valence electrons. The van der Waals surface area contributed by atoms with Gasteiger partial charge in [0.1, 0.15) is 11.5 Å². The number of benzene rings is 3. The number of allylic oxidation sites excluding steroid dienone is 1. The first-order valence-electron chi connectivity index (χ1n) is 11.7. The minimum Gasteiger partial charge on any atom is -0.497 e. The summed E-state index contributed by atoms with van der Waals surface area (Å²) in [5.41, 5.74) is 2.34. The van der Waals surface area contributed by atoms with Gasteiger partial charge in [-0.3, -0.25) is 4.79 Å². The predicted octanol–water partition coefficient (Wildman–Crippen LogP) is 5.23. The highest BCUT2D eigenvalue weighted by atomic mass is 16.5. The number of hydrogen-bond acceptors (Lipinski definition) is 4. The van der Waals surface area contributed by atoms with Crippen LogP contribution in [0.5, 0.6) is 5.75 Å². The van der Waals surface area contributed by atoms with Crippen LogP contribution >= 0.6 is 0 Å². The Morgan fingerprint density at radius 2 is 1.79 bits per heavy atom. The van der Waals surface area contributed by atoms with Gasteiger partial charge in [0.15, 0.2) is 0 Å². The van der Waals surface area contributed by atoms with Gasteiger partial charge in [0.2, 0.25) is 0 Å². The molecule has 1 fully saturated rings. The first-order valence-corrected chi connectivity index (χ1v) is 11.7. The third-order valence-corrected chi connectivity index (χ3v) is 6.74. The lowest BCUT2D eigenvalue weighted by molar-refractivity contribution is -0.121. The van der Waals surface area contributed by atoms with Gasteiger partial charge in [-0.1, -0.05) is 48.6 Å². The van der Waals surface area contributed by atoms with Crippen molar-refractivity contribution < 1.29 is 24.5 Å². The van der Waals surface area contributed by atoms with E-state index in [0.29, 0.717) is 12.8 Å². The van der Waals surface area contributed by atoms with Crippen LogP contribution in [0.3, 0.4) is 0 Å². The Balaban J connectivity index is 1.36. The molecule has 1 saturated carbocycles. The molecule has 34 heavy (non-hydrogen) atoms. The summed E-state index contributed by atoms with van der Waals surface area (Å²) >= 11 is 0. The number of aliphatic hydroxyl groups is 1. The molecule has 3 atom stereocenters. The Hall–Kier alpha value is -3.44. The SMILES string of the molecule is COc1ccc2ccc(CC(O)/C=C/[C@H]3CCC(=O)[C@@H]3CCc3ccc(C(=O)O)cc3)cc2c1. The van der Waals surface area contributed by atoms with Gasteiger partial charge in [0.05, 0.1) is 18.8 Å². The molecule has 3 aromatic rings. The van der Waals surface area contributed by atoms with E-state index < -0.39 is 12.1 Å². The van der Waals surface area contributed by atoms with Crippen molar-refractivity contribution in [2.24, 2.45) is 11.8 Å². The van der Waals surface area contributed by atoms with Crippen LogP contribution in [0.2, 0.25) is 0 Å². The largest absolute Gasteiger partial charge is 0.497 e. The molecular weight excluding hydrogens is 428 g/mol. The molecule has 5 heteroatoms. The number of aryl methyl sites for hydroxylation is 1. The molecule has 3 aromatic carbocycles. The quantitative estimate of drug-likeness (QED) is 0.429. The lowest BCUT2D eigenvalue weighted by Crippen LogP contribution is -2.15. The zero-order valence-corrected chi connectivity index (χ0v) is 19.3. The van der Waals surface area contributed by atoms with Crippen LogP contribution in [0.4, 0.5) is 0 Å². The summed E-state index contributed by atoms with van der Waals surface area (Å²) in [5.74, 6) is 0.205. The summed E-state index contributed by atoms with van der Waals surface area (Å²) in [6.07, 6.45) is 6.55. The van der Waals surface area contributed by atoms with Crippen LogP contribution in [0, 0.1) is 11.8 Å². The molecule has 1 aliphatic carbocycles. The van der Waals surface area contributed by atoms with E-state index in [1.54, 1.807) is 19.2 Å². The number of aliphatic hydroxyl groups excluding tert-OH is 1. The summed E-state index contributed by atoms with van der Waals surface area (Å²) in [5, 5.41) is 21.9. The van der Waals surface area contributed by atoms with Gasteiger partial charge in [-0.15, -0.1) is 0 Å². The summed E-state index contributed by atoms with van der Waals surface area (Å²) in [7, 11) is 1.65. The average molecular weight is 459 g/mol. The minimum atomic E-state index is -0.940. The van der Waals surface area contributed by atoms with Crippen LogP contribution in [0.25, 0.3) is 10.8 Å². The number of hydrogen-bond donors (Lipinski definition) is 2. The van der Waals surface area contributed by atoms with Gasteiger partial charge in [-0.2, -0.15) is 0 Å². The molecule has 0 bridgehead atoms. The molecule has 0 aromatic heterocycles. The number of aromatic carboxylic acids is 1. The van der Waals surface area contributed by atoms with Crippen molar-refractivity contribution in [1.82, 2.24) is 0 Å². The first-order chi connectivity index (χ1) is 16.4. The fourth-order valence-corrected chi connectivity index (χ4v) is 4.78. The molecular formula is C29H30O5. The number of rotatable bonds is 9. The summed E-state index contributed by atoms with van der Waals surface area (Å²) in [4.78, 5) is 23.5. The first kappa shape index (κ1) is 23.7.